The summed E-state index contributed by atoms with van der Waals surface area (Å²) in [5.41, 5.74) is 7.61. The van der Waals surface area contributed by atoms with Crippen molar-refractivity contribution in [1.29, 1.82) is 0 Å². The topological polar surface area (TPSA) is 38.0 Å². The highest BCUT2D eigenvalue weighted by atomic mass is 35.5. The highest BCUT2D eigenvalue weighted by Gasteiger charge is 2.12. The molecule has 0 heterocycles. The lowest BCUT2D eigenvalue weighted by Crippen LogP contribution is -2.09. The molecule has 0 saturated heterocycles. The first-order valence-corrected chi connectivity index (χ1v) is 6.50. The maximum Gasteiger partial charge on any atom is 0.143 e. The second-order valence-corrected chi connectivity index (χ2v) is 5.06. The van der Waals surface area contributed by atoms with Crippen molar-refractivity contribution in [2.45, 2.75) is 13.0 Å². The van der Waals surface area contributed by atoms with Crippen molar-refractivity contribution in [3.63, 3.8) is 0 Å². The van der Waals surface area contributed by atoms with E-state index in [0.717, 1.165) is 5.56 Å². The van der Waals surface area contributed by atoms with Gasteiger partial charge in [-0.1, -0.05) is 41.4 Å². The molecule has 0 aliphatic carbocycles. The summed E-state index contributed by atoms with van der Waals surface area (Å²) in [5, 5.41) is 3.78. The Morgan fingerprint density at radius 1 is 1.16 bits per heavy atom. The minimum Gasteiger partial charge on any atom is -0.397 e. The second-order valence-electron chi connectivity index (χ2n) is 4.24. The van der Waals surface area contributed by atoms with E-state index in [9.17, 15) is 4.39 Å². The number of rotatable bonds is 3. The van der Waals surface area contributed by atoms with E-state index >= 15 is 0 Å². The first-order chi connectivity index (χ1) is 8.99. The zero-order valence-electron chi connectivity index (χ0n) is 10.3. The minimum atomic E-state index is -0.510. The Morgan fingerprint density at radius 2 is 1.84 bits per heavy atom. The number of halogens is 3. The molecule has 0 bridgehead atoms. The Balaban J connectivity index is 2.27. The van der Waals surface area contributed by atoms with Crippen LogP contribution < -0.4 is 11.1 Å². The molecule has 0 amide bonds. The molecule has 2 aromatic carbocycles. The first kappa shape index (κ1) is 14.0. The van der Waals surface area contributed by atoms with Gasteiger partial charge in [0.1, 0.15) is 5.82 Å². The molecule has 0 saturated carbocycles. The molecule has 0 spiro atoms. The van der Waals surface area contributed by atoms with Crippen LogP contribution in [0.15, 0.2) is 36.4 Å². The maximum atomic E-state index is 13.4. The molecule has 2 rings (SSSR count). The van der Waals surface area contributed by atoms with Gasteiger partial charge >= 0.3 is 0 Å². The second kappa shape index (κ2) is 5.68. The van der Waals surface area contributed by atoms with Gasteiger partial charge in [-0.3, -0.25) is 0 Å². The third-order valence-corrected chi connectivity index (χ3v) is 3.47. The van der Waals surface area contributed by atoms with Gasteiger partial charge in [-0.15, -0.1) is 0 Å². The summed E-state index contributed by atoms with van der Waals surface area (Å²) in [6.07, 6.45) is 0. The van der Waals surface area contributed by atoms with Crippen molar-refractivity contribution >= 4 is 34.6 Å². The molecule has 19 heavy (non-hydrogen) atoms. The van der Waals surface area contributed by atoms with E-state index < -0.39 is 5.82 Å². The van der Waals surface area contributed by atoms with Crippen molar-refractivity contribution in [3.05, 3.63) is 57.8 Å². The van der Waals surface area contributed by atoms with E-state index in [1.54, 1.807) is 6.07 Å². The molecular weight excluding hydrogens is 286 g/mol. The van der Waals surface area contributed by atoms with Crippen LogP contribution in [0.5, 0.6) is 0 Å². The largest absolute Gasteiger partial charge is 0.397 e. The van der Waals surface area contributed by atoms with E-state index in [1.165, 1.54) is 12.1 Å². The highest BCUT2D eigenvalue weighted by Crippen LogP contribution is 2.31. The van der Waals surface area contributed by atoms with Gasteiger partial charge in [-0.25, -0.2) is 4.39 Å². The van der Waals surface area contributed by atoms with Gasteiger partial charge in [0.15, 0.2) is 0 Å². The Bertz CT molecular complexity index is 602. The number of nitrogen functional groups attached to an aromatic ring is 1. The molecule has 0 radical (unpaired) electrons. The molecule has 0 aromatic heterocycles. The summed E-state index contributed by atoms with van der Waals surface area (Å²) >= 11 is 11.8. The minimum absolute atomic E-state index is 0.00782. The molecule has 1 unspecified atom stereocenters. The third kappa shape index (κ3) is 3.11. The molecule has 5 heteroatoms. The van der Waals surface area contributed by atoms with Crippen molar-refractivity contribution in [2.75, 3.05) is 11.1 Å². The van der Waals surface area contributed by atoms with Crippen LogP contribution in [0.1, 0.15) is 18.5 Å². The summed E-state index contributed by atoms with van der Waals surface area (Å²) in [6, 6.07) is 10.0. The van der Waals surface area contributed by atoms with Gasteiger partial charge in [0.05, 0.1) is 22.4 Å². The van der Waals surface area contributed by atoms with E-state index in [1.807, 2.05) is 25.1 Å². The summed E-state index contributed by atoms with van der Waals surface area (Å²) in [7, 11) is 0. The molecular formula is C14H13Cl2FN2. The summed E-state index contributed by atoms with van der Waals surface area (Å²) in [5.74, 6) is -0.510. The number of benzene rings is 2. The monoisotopic (exact) mass is 298 g/mol. The van der Waals surface area contributed by atoms with Gasteiger partial charge in [0.2, 0.25) is 0 Å². The molecule has 2 nitrogen and oxygen atoms in total. The average molecular weight is 299 g/mol. The van der Waals surface area contributed by atoms with Crippen molar-refractivity contribution in [2.24, 2.45) is 0 Å². The van der Waals surface area contributed by atoms with Crippen LogP contribution in [0.4, 0.5) is 15.8 Å². The Kier molecular flexibility index (Phi) is 4.17. The molecule has 3 N–H and O–H groups in total. The van der Waals surface area contributed by atoms with Crippen molar-refractivity contribution in [3.8, 4) is 0 Å². The number of anilines is 2. The van der Waals surface area contributed by atoms with Gasteiger partial charge in [0, 0.05) is 11.1 Å². The van der Waals surface area contributed by atoms with Crippen LogP contribution in [0.25, 0.3) is 0 Å². The third-order valence-electron chi connectivity index (χ3n) is 2.84. The molecule has 0 aliphatic rings. The van der Waals surface area contributed by atoms with Crippen LogP contribution in [-0.4, -0.2) is 0 Å². The smallest absolute Gasteiger partial charge is 0.143 e. The van der Waals surface area contributed by atoms with Gasteiger partial charge in [-0.05, 0) is 24.6 Å². The number of hydrogen-bond acceptors (Lipinski definition) is 2. The standard InChI is InChI=1S/C14H13Cl2FN2/c1-8(9-4-2-3-5-10(9)15)19-14-7-12(17)11(16)6-13(14)18/h2-8,19H,18H2,1H3. The molecule has 2 aromatic rings. The van der Waals surface area contributed by atoms with E-state index in [0.29, 0.717) is 16.4 Å². The van der Waals surface area contributed by atoms with Crippen molar-refractivity contribution < 1.29 is 4.39 Å². The van der Waals surface area contributed by atoms with Crippen LogP contribution >= 0.6 is 23.2 Å². The SMILES string of the molecule is CC(Nc1cc(F)c(Cl)cc1N)c1ccccc1Cl. The summed E-state index contributed by atoms with van der Waals surface area (Å²) in [4.78, 5) is 0. The fourth-order valence-corrected chi connectivity index (χ4v) is 2.30. The average Bonchev–Trinajstić information content (AvgIpc) is 2.36. The van der Waals surface area contributed by atoms with Crippen molar-refractivity contribution in [1.82, 2.24) is 0 Å². The van der Waals surface area contributed by atoms with E-state index in [-0.39, 0.29) is 11.1 Å². The van der Waals surface area contributed by atoms with Gasteiger partial charge in [-0.2, -0.15) is 0 Å². The predicted molar refractivity (Wildman–Crippen MR) is 79.3 cm³/mol. The molecule has 0 fully saturated rings. The maximum absolute atomic E-state index is 13.4. The van der Waals surface area contributed by atoms with Crippen LogP contribution in [-0.2, 0) is 0 Å². The quantitative estimate of drug-likeness (QED) is 0.792. The van der Waals surface area contributed by atoms with Crippen LogP contribution in [0, 0.1) is 5.82 Å². The van der Waals surface area contributed by atoms with Gasteiger partial charge in [0.25, 0.3) is 0 Å². The highest BCUT2D eigenvalue weighted by molar-refractivity contribution is 6.31. The Morgan fingerprint density at radius 3 is 2.53 bits per heavy atom. The lowest BCUT2D eigenvalue weighted by atomic mass is 10.1. The molecule has 0 aliphatic heterocycles. The zero-order chi connectivity index (χ0) is 14.0. The number of nitrogens with two attached hydrogens (primary N) is 1. The summed E-state index contributed by atoms with van der Waals surface area (Å²) < 4.78 is 13.4. The fraction of sp³-hybridized carbons (Fsp3) is 0.143. The molecule has 1 atom stereocenters. The van der Waals surface area contributed by atoms with E-state index in [4.69, 9.17) is 28.9 Å². The van der Waals surface area contributed by atoms with Gasteiger partial charge < -0.3 is 11.1 Å². The number of nitrogens with one attached hydrogen (secondary N) is 1. The lowest BCUT2D eigenvalue weighted by molar-refractivity contribution is 0.628. The van der Waals surface area contributed by atoms with E-state index in [2.05, 4.69) is 5.32 Å². The van der Waals surface area contributed by atoms with Crippen LogP contribution in [0.3, 0.4) is 0 Å². The fourth-order valence-electron chi connectivity index (χ4n) is 1.82. The normalized spacial score (nSPS) is 12.2. The Labute approximate surface area is 121 Å². The Hall–Kier alpha value is -1.45. The first-order valence-electron chi connectivity index (χ1n) is 5.74. The lowest BCUT2D eigenvalue weighted by Gasteiger charge is -2.18. The predicted octanol–water partition coefficient (Wildman–Crippen LogP) is 4.89. The number of hydrogen-bond donors (Lipinski definition) is 2. The molecule has 100 valence electrons. The van der Waals surface area contributed by atoms with Crippen LogP contribution in [0.2, 0.25) is 10.0 Å². The zero-order valence-corrected chi connectivity index (χ0v) is 11.8. The summed E-state index contributed by atoms with van der Waals surface area (Å²) in [6.45, 7) is 1.92.